The van der Waals surface area contributed by atoms with Crippen LogP contribution in [0.25, 0.3) is 200 Å². The molecule has 0 bridgehead atoms. The molecule has 20 rings (SSSR count). The summed E-state index contributed by atoms with van der Waals surface area (Å²) in [6.45, 7) is 0. The molecule has 0 aliphatic heterocycles. The zero-order valence-corrected chi connectivity index (χ0v) is 58.3. The molecule has 12 aromatic carbocycles. The summed E-state index contributed by atoms with van der Waals surface area (Å²) in [5, 5.41) is 6.46. The summed E-state index contributed by atoms with van der Waals surface area (Å²) in [5.74, 6) is 0.708. The van der Waals surface area contributed by atoms with Gasteiger partial charge in [0.05, 0.1) is 80.0 Å². The van der Waals surface area contributed by atoms with Crippen molar-refractivity contribution in [2.24, 2.45) is 0 Å². The second-order valence-corrected chi connectivity index (χ2v) is 26.9. The summed E-state index contributed by atoms with van der Waals surface area (Å²) in [6.07, 6.45) is 3.59. The Hall–Kier alpha value is -13.9. The lowest BCUT2D eigenvalue weighted by molar-refractivity contribution is 1.18. The van der Waals surface area contributed by atoms with E-state index in [0.717, 1.165) is 194 Å². The van der Waals surface area contributed by atoms with Gasteiger partial charge in [-0.25, -0.2) is 24.9 Å². The molecular weight excluding hydrogens is 1340 g/mol. The molecule has 0 N–H and O–H groups in total. The van der Waals surface area contributed by atoms with E-state index in [2.05, 4.69) is 247 Å². The van der Waals surface area contributed by atoms with Gasteiger partial charge in [0.15, 0.2) is 5.82 Å². The number of benzene rings is 12. The molecule has 0 fully saturated rings. The minimum absolute atomic E-state index is 0.708. The topological polar surface area (TPSA) is 142 Å². The number of nitrogens with zero attached hydrogens (tertiary/aromatic N) is 11. The predicted molar refractivity (Wildman–Crippen MR) is 435 cm³/mol. The first-order chi connectivity index (χ1) is 52.5. The van der Waals surface area contributed by atoms with Gasteiger partial charge in [0.2, 0.25) is 0 Å². The van der Waals surface area contributed by atoms with Gasteiger partial charge in [-0.05, 0) is 111 Å². The molecule has 0 saturated heterocycles. The largest absolute Gasteiger partial charge is 0.255 e. The van der Waals surface area contributed by atoms with Crippen LogP contribution in [0.5, 0.6) is 0 Å². The van der Waals surface area contributed by atoms with E-state index in [-0.39, 0.29) is 0 Å². The van der Waals surface area contributed by atoms with Crippen molar-refractivity contribution in [3.05, 3.63) is 346 Å². The summed E-state index contributed by atoms with van der Waals surface area (Å²) in [6, 6.07) is 115. The van der Waals surface area contributed by atoms with E-state index >= 15 is 0 Å². The van der Waals surface area contributed by atoms with Crippen LogP contribution in [0.4, 0.5) is 0 Å². The van der Waals surface area contributed by atoms with E-state index in [1.807, 2.05) is 97.1 Å². The van der Waals surface area contributed by atoms with Crippen LogP contribution in [0.2, 0.25) is 0 Å². The van der Waals surface area contributed by atoms with Crippen molar-refractivity contribution < 1.29 is 0 Å². The zero-order chi connectivity index (χ0) is 70.3. The van der Waals surface area contributed by atoms with Gasteiger partial charge in [0.25, 0.3) is 0 Å². The van der Waals surface area contributed by atoms with Gasteiger partial charge in [0, 0.05) is 83.7 Å². The predicted octanol–water partition coefficient (Wildman–Crippen LogP) is 23.8. The van der Waals surface area contributed by atoms with Crippen molar-refractivity contribution in [3.63, 3.8) is 0 Å². The molecular formula is C93H57N11S2. The highest BCUT2D eigenvalue weighted by Gasteiger charge is 2.23. The lowest BCUT2D eigenvalue weighted by Crippen LogP contribution is -1.95. The molecule has 0 saturated carbocycles. The lowest BCUT2D eigenvalue weighted by atomic mass is 9.93. The average molecular weight is 1390 g/mol. The Morgan fingerprint density at radius 3 is 0.953 bits per heavy atom. The average Bonchev–Trinajstić information content (AvgIpc) is 1.33. The van der Waals surface area contributed by atoms with Crippen molar-refractivity contribution in [2.45, 2.75) is 0 Å². The number of pyridine rings is 5. The maximum atomic E-state index is 5.25. The van der Waals surface area contributed by atoms with Crippen LogP contribution in [0.1, 0.15) is 0 Å². The molecule has 0 aliphatic rings. The fourth-order valence-electron chi connectivity index (χ4n) is 14.2. The van der Waals surface area contributed by atoms with Gasteiger partial charge in [-0.15, -0.1) is 0 Å². The maximum Gasteiger partial charge on any atom is 0.160 e. The van der Waals surface area contributed by atoms with E-state index in [1.54, 1.807) is 12.4 Å². The van der Waals surface area contributed by atoms with Gasteiger partial charge < -0.3 is 0 Å². The Balaban J connectivity index is 0.000000145. The standard InChI is InChI=1S/C47H29N5S.C46H28N6S/c1-4-12-32(13-5-1)38-28-39-43(46-45(38)51-53-52-46)37-18-10-11-19-40(37)48-44(39)35-26-22-31(23-27-35)30-20-24-34(25-21-30)42-29-41(33-14-6-2-7-15-33)49-47(50-42)36-16-8-3-9-17-36;1-2-10-32(11-3-1)36-28-37-43(46-45(36)51-53-52-46)35-12-4-5-13-38(35)50-44(37)33-22-20-30(21-23-33)29-16-18-31(19-17-29)34-26-41(39-14-6-8-24-47-39)49-42(27-34)40-15-7-9-25-48-40/h1-29H;1-28H. The molecule has 11 nitrogen and oxygen atoms in total. The first-order valence-corrected chi connectivity index (χ1v) is 36.3. The molecule has 0 spiro atoms. The Labute approximate surface area is 618 Å². The SMILES string of the molecule is c1ccc(-c2cc(-c3ccc(-c4ccc(-c5nc6ccccc6c6c5cc(-c5ccccc5)c5nsnc56)cc4)cc3)nc(-c3ccccc3)n2)cc1.c1ccc(-c2cc3c(-c4ccc(-c5ccc(-c6cc(-c7ccccn7)nc(-c7ccccn7)c6)cc5)cc4)nc4ccccc4c3c3nsnc23)cc1. The number of hydrogen-bond donors (Lipinski definition) is 0. The van der Waals surface area contributed by atoms with Gasteiger partial charge in [0.1, 0.15) is 22.1 Å². The number of para-hydroxylation sites is 2. The van der Waals surface area contributed by atoms with E-state index in [4.69, 9.17) is 42.4 Å². The summed E-state index contributed by atoms with van der Waals surface area (Å²) in [5.41, 5.74) is 28.6. The monoisotopic (exact) mass is 1390 g/mol. The summed E-state index contributed by atoms with van der Waals surface area (Å²) in [4.78, 5) is 34.5. The van der Waals surface area contributed by atoms with Gasteiger partial charge in [-0.3, -0.25) is 9.97 Å². The van der Waals surface area contributed by atoms with Crippen LogP contribution in [0.15, 0.2) is 346 Å². The Morgan fingerprint density at radius 1 is 0.198 bits per heavy atom. The maximum absolute atomic E-state index is 5.25. The molecule has 0 amide bonds. The van der Waals surface area contributed by atoms with Crippen molar-refractivity contribution >= 4 is 88.9 Å². The van der Waals surface area contributed by atoms with Gasteiger partial charge in [-0.2, -0.15) is 17.5 Å². The summed E-state index contributed by atoms with van der Waals surface area (Å²) >= 11 is 2.51. The van der Waals surface area contributed by atoms with E-state index in [1.165, 1.54) is 23.5 Å². The fraction of sp³-hybridized carbons (Fsp3) is 0. The third-order valence-electron chi connectivity index (χ3n) is 19.5. The van der Waals surface area contributed by atoms with Crippen LogP contribution in [-0.2, 0) is 0 Å². The van der Waals surface area contributed by atoms with E-state index in [9.17, 15) is 0 Å². The first-order valence-electron chi connectivity index (χ1n) is 34.9. The third-order valence-corrected chi connectivity index (χ3v) is 20.5. The van der Waals surface area contributed by atoms with Gasteiger partial charge >= 0.3 is 0 Å². The van der Waals surface area contributed by atoms with E-state index in [0.29, 0.717) is 5.82 Å². The third kappa shape index (κ3) is 12.0. The van der Waals surface area contributed by atoms with Crippen molar-refractivity contribution in [3.8, 4) is 135 Å². The van der Waals surface area contributed by atoms with Crippen LogP contribution < -0.4 is 0 Å². The van der Waals surface area contributed by atoms with E-state index < -0.39 is 0 Å². The first kappa shape index (κ1) is 63.1. The fourth-order valence-corrected chi connectivity index (χ4v) is 15.4. The molecule has 20 aromatic rings. The molecule has 8 aromatic heterocycles. The number of hydrogen-bond acceptors (Lipinski definition) is 13. The molecule has 106 heavy (non-hydrogen) atoms. The second kappa shape index (κ2) is 27.5. The zero-order valence-electron chi connectivity index (χ0n) is 56.6. The Bertz CT molecular complexity index is 6110. The highest BCUT2D eigenvalue weighted by atomic mass is 32.1. The van der Waals surface area contributed by atoms with Gasteiger partial charge in [-0.1, -0.05) is 267 Å². The number of fused-ring (bicyclic) bond motifs is 10. The van der Waals surface area contributed by atoms with Crippen LogP contribution in [0.3, 0.4) is 0 Å². The quantitative estimate of drug-likeness (QED) is 0.108. The highest BCUT2D eigenvalue weighted by molar-refractivity contribution is 7.00. The Morgan fingerprint density at radius 2 is 0.538 bits per heavy atom. The number of rotatable bonds is 12. The Kier molecular flexibility index (Phi) is 16.4. The van der Waals surface area contributed by atoms with Crippen molar-refractivity contribution in [2.75, 3.05) is 0 Å². The molecule has 0 unspecified atom stereocenters. The summed E-state index contributed by atoms with van der Waals surface area (Å²) < 4.78 is 19.2. The van der Waals surface area contributed by atoms with Crippen molar-refractivity contribution in [1.82, 2.24) is 52.4 Å². The normalized spacial score (nSPS) is 11.4. The molecule has 13 heteroatoms. The molecule has 496 valence electrons. The van der Waals surface area contributed by atoms with Crippen LogP contribution >= 0.6 is 23.5 Å². The second-order valence-electron chi connectivity index (χ2n) is 25.9. The molecule has 0 radical (unpaired) electrons. The minimum Gasteiger partial charge on any atom is -0.255 e. The lowest BCUT2D eigenvalue weighted by Gasteiger charge is -2.13. The molecule has 0 aliphatic carbocycles. The highest BCUT2D eigenvalue weighted by Crippen LogP contribution is 2.44. The van der Waals surface area contributed by atoms with Crippen molar-refractivity contribution in [1.29, 1.82) is 0 Å². The smallest absolute Gasteiger partial charge is 0.160 e. The number of aromatic nitrogens is 11. The molecule has 8 heterocycles. The van der Waals surface area contributed by atoms with Crippen LogP contribution in [0, 0.1) is 0 Å². The summed E-state index contributed by atoms with van der Waals surface area (Å²) in [7, 11) is 0. The van der Waals surface area contributed by atoms with Crippen LogP contribution in [-0.4, -0.2) is 52.4 Å². The molecule has 0 atom stereocenters. The minimum atomic E-state index is 0.708.